The van der Waals surface area contributed by atoms with Gasteiger partial charge < -0.3 is 16.0 Å². The van der Waals surface area contributed by atoms with Crippen molar-refractivity contribution in [3.05, 3.63) is 29.6 Å². The quantitative estimate of drug-likeness (QED) is 0.830. The Morgan fingerprint density at radius 3 is 2.74 bits per heavy atom. The standard InChI is InChI=1S/C14H20FN3S/c1-18-6-4-10(5-7-18)9-17-13-3-2-11(14(16)19)8-12(13)15/h2-3,8,10,17H,4-7,9H2,1H3,(H2,16,19). The van der Waals surface area contributed by atoms with Crippen LogP contribution in [0.3, 0.4) is 0 Å². The van der Waals surface area contributed by atoms with Crippen molar-refractivity contribution in [1.82, 2.24) is 4.90 Å². The van der Waals surface area contributed by atoms with E-state index in [-0.39, 0.29) is 10.8 Å². The number of nitrogens with one attached hydrogen (secondary N) is 1. The van der Waals surface area contributed by atoms with Crippen LogP contribution in [0.5, 0.6) is 0 Å². The smallest absolute Gasteiger partial charge is 0.146 e. The van der Waals surface area contributed by atoms with Crippen LogP contribution in [0.2, 0.25) is 0 Å². The SMILES string of the molecule is CN1CCC(CNc2ccc(C(N)=S)cc2F)CC1. The van der Waals surface area contributed by atoms with Crippen molar-refractivity contribution in [2.75, 3.05) is 32.0 Å². The van der Waals surface area contributed by atoms with Crippen LogP contribution >= 0.6 is 12.2 Å². The Hall–Kier alpha value is -1.20. The first-order valence-electron chi connectivity index (χ1n) is 6.58. The minimum absolute atomic E-state index is 0.223. The Morgan fingerprint density at radius 2 is 2.16 bits per heavy atom. The first kappa shape index (κ1) is 14.2. The maximum Gasteiger partial charge on any atom is 0.146 e. The molecule has 1 fully saturated rings. The molecule has 3 nitrogen and oxygen atoms in total. The molecule has 0 radical (unpaired) electrons. The average Bonchev–Trinajstić information content (AvgIpc) is 2.39. The van der Waals surface area contributed by atoms with E-state index >= 15 is 0 Å². The number of halogens is 1. The highest BCUT2D eigenvalue weighted by molar-refractivity contribution is 7.80. The van der Waals surface area contributed by atoms with E-state index in [1.807, 2.05) is 0 Å². The van der Waals surface area contributed by atoms with E-state index in [4.69, 9.17) is 18.0 Å². The van der Waals surface area contributed by atoms with E-state index in [1.54, 1.807) is 12.1 Å². The molecule has 0 atom stereocenters. The Balaban J connectivity index is 1.91. The Bertz CT molecular complexity index is 456. The lowest BCUT2D eigenvalue weighted by molar-refractivity contribution is 0.226. The second-order valence-electron chi connectivity index (χ2n) is 5.19. The third-order valence-corrected chi connectivity index (χ3v) is 3.91. The largest absolute Gasteiger partial charge is 0.389 e. The average molecular weight is 281 g/mol. The maximum absolute atomic E-state index is 13.8. The van der Waals surface area contributed by atoms with Crippen LogP contribution in [0.15, 0.2) is 18.2 Å². The lowest BCUT2D eigenvalue weighted by Crippen LogP contribution is -2.33. The first-order valence-corrected chi connectivity index (χ1v) is 6.99. The predicted molar refractivity (Wildman–Crippen MR) is 81.0 cm³/mol. The monoisotopic (exact) mass is 281 g/mol. The van der Waals surface area contributed by atoms with Gasteiger partial charge in [0.1, 0.15) is 10.8 Å². The number of thiocarbonyl (C=S) groups is 1. The van der Waals surface area contributed by atoms with E-state index in [0.29, 0.717) is 17.2 Å². The summed E-state index contributed by atoms with van der Waals surface area (Å²) in [5.41, 5.74) is 6.57. The van der Waals surface area contributed by atoms with Crippen molar-refractivity contribution in [1.29, 1.82) is 0 Å². The van der Waals surface area contributed by atoms with Gasteiger partial charge in [-0.3, -0.25) is 0 Å². The molecule has 19 heavy (non-hydrogen) atoms. The summed E-state index contributed by atoms with van der Waals surface area (Å²) in [5, 5.41) is 3.19. The second kappa shape index (κ2) is 6.30. The molecule has 0 aromatic heterocycles. The molecule has 0 bridgehead atoms. The molecule has 1 aromatic rings. The molecule has 0 saturated carbocycles. The van der Waals surface area contributed by atoms with Crippen LogP contribution in [0.4, 0.5) is 10.1 Å². The second-order valence-corrected chi connectivity index (χ2v) is 5.63. The summed E-state index contributed by atoms with van der Waals surface area (Å²) < 4.78 is 13.8. The summed E-state index contributed by atoms with van der Waals surface area (Å²) >= 11 is 4.83. The molecule has 1 aromatic carbocycles. The zero-order valence-corrected chi connectivity index (χ0v) is 12.0. The van der Waals surface area contributed by atoms with Gasteiger partial charge in [-0.1, -0.05) is 12.2 Å². The summed E-state index contributed by atoms with van der Waals surface area (Å²) in [6.07, 6.45) is 2.33. The van der Waals surface area contributed by atoms with Crippen LogP contribution in [-0.4, -0.2) is 36.6 Å². The van der Waals surface area contributed by atoms with Crippen LogP contribution in [0, 0.1) is 11.7 Å². The minimum atomic E-state index is -0.293. The molecule has 1 aliphatic rings. The summed E-state index contributed by atoms with van der Waals surface area (Å²) in [5.74, 6) is 0.323. The maximum atomic E-state index is 13.8. The number of benzene rings is 1. The summed E-state index contributed by atoms with van der Waals surface area (Å²) in [6.45, 7) is 3.06. The fraction of sp³-hybridized carbons (Fsp3) is 0.500. The molecule has 2 rings (SSSR count). The highest BCUT2D eigenvalue weighted by atomic mass is 32.1. The topological polar surface area (TPSA) is 41.3 Å². The molecule has 3 N–H and O–H groups in total. The third kappa shape index (κ3) is 3.88. The predicted octanol–water partition coefficient (Wildman–Crippen LogP) is 2.21. The van der Waals surface area contributed by atoms with Gasteiger partial charge in [-0.05, 0) is 57.1 Å². The lowest BCUT2D eigenvalue weighted by Gasteiger charge is -2.29. The molecule has 1 saturated heterocycles. The number of hydrogen-bond acceptors (Lipinski definition) is 3. The Morgan fingerprint density at radius 1 is 1.47 bits per heavy atom. The molecular weight excluding hydrogens is 261 g/mol. The number of piperidine rings is 1. The molecule has 104 valence electrons. The number of likely N-dealkylation sites (tertiary alicyclic amines) is 1. The van der Waals surface area contributed by atoms with Gasteiger partial charge >= 0.3 is 0 Å². The Labute approximate surface area is 119 Å². The van der Waals surface area contributed by atoms with E-state index in [9.17, 15) is 4.39 Å². The number of nitrogens with zero attached hydrogens (tertiary/aromatic N) is 1. The fourth-order valence-corrected chi connectivity index (χ4v) is 2.46. The number of nitrogens with two attached hydrogens (primary N) is 1. The van der Waals surface area contributed by atoms with Gasteiger partial charge in [0.05, 0.1) is 5.69 Å². The molecule has 0 aliphatic carbocycles. The molecule has 0 spiro atoms. The third-order valence-electron chi connectivity index (χ3n) is 3.67. The van der Waals surface area contributed by atoms with Gasteiger partial charge in [0, 0.05) is 12.1 Å². The van der Waals surface area contributed by atoms with Crippen molar-refractivity contribution < 1.29 is 4.39 Å². The van der Waals surface area contributed by atoms with E-state index in [0.717, 1.165) is 32.5 Å². The molecule has 0 unspecified atom stereocenters. The molecule has 5 heteroatoms. The van der Waals surface area contributed by atoms with Gasteiger partial charge in [0.15, 0.2) is 0 Å². The van der Waals surface area contributed by atoms with Gasteiger partial charge in [0.2, 0.25) is 0 Å². The molecule has 1 heterocycles. The fourth-order valence-electron chi connectivity index (χ4n) is 2.33. The van der Waals surface area contributed by atoms with Crippen molar-refractivity contribution >= 4 is 22.9 Å². The first-order chi connectivity index (χ1) is 9.06. The van der Waals surface area contributed by atoms with Crippen molar-refractivity contribution in [3.63, 3.8) is 0 Å². The number of anilines is 1. The highest BCUT2D eigenvalue weighted by Crippen LogP contribution is 2.20. The van der Waals surface area contributed by atoms with Gasteiger partial charge in [-0.15, -0.1) is 0 Å². The van der Waals surface area contributed by atoms with Crippen LogP contribution in [-0.2, 0) is 0 Å². The normalized spacial score (nSPS) is 17.4. The summed E-state index contributed by atoms with van der Waals surface area (Å²) in [4.78, 5) is 2.55. The van der Waals surface area contributed by atoms with Crippen LogP contribution in [0.1, 0.15) is 18.4 Å². The van der Waals surface area contributed by atoms with Crippen molar-refractivity contribution in [2.45, 2.75) is 12.8 Å². The lowest BCUT2D eigenvalue weighted by atomic mass is 9.97. The minimum Gasteiger partial charge on any atom is -0.389 e. The Kier molecular flexibility index (Phi) is 4.71. The molecular formula is C14H20FN3S. The highest BCUT2D eigenvalue weighted by Gasteiger charge is 2.16. The van der Waals surface area contributed by atoms with Gasteiger partial charge in [-0.25, -0.2) is 4.39 Å². The zero-order chi connectivity index (χ0) is 13.8. The van der Waals surface area contributed by atoms with Gasteiger partial charge in [-0.2, -0.15) is 0 Å². The van der Waals surface area contributed by atoms with Gasteiger partial charge in [0.25, 0.3) is 0 Å². The van der Waals surface area contributed by atoms with Crippen molar-refractivity contribution in [2.24, 2.45) is 11.7 Å². The van der Waals surface area contributed by atoms with Crippen LogP contribution in [0.25, 0.3) is 0 Å². The van der Waals surface area contributed by atoms with E-state index < -0.39 is 0 Å². The molecule has 0 amide bonds. The summed E-state index contributed by atoms with van der Waals surface area (Å²) in [6, 6.07) is 4.85. The zero-order valence-electron chi connectivity index (χ0n) is 11.2. The van der Waals surface area contributed by atoms with E-state index in [1.165, 1.54) is 6.07 Å². The molecule has 1 aliphatic heterocycles. The number of rotatable bonds is 4. The van der Waals surface area contributed by atoms with Crippen LogP contribution < -0.4 is 11.1 Å². The summed E-state index contributed by atoms with van der Waals surface area (Å²) in [7, 11) is 2.14. The van der Waals surface area contributed by atoms with E-state index in [2.05, 4.69) is 17.3 Å². The number of hydrogen-bond donors (Lipinski definition) is 2. The van der Waals surface area contributed by atoms with Crippen molar-refractivity contribution in [3.8, 4) is 0 Å².